The van der Waals surface area contributed by atoms with Crippen LogP contribution in [0.25, 0.3) is 17.2 Å². The number of hydrogen-bond acceptors (Lipinski definition) is 5. The molecule has 0 atom stereocenters. The lowest BCUT2D eigenvalue weighted by molar-refractivity contribution is 0.107. The Balaban J connectivity index is 1.38. The van der Waals surface area contributed by atoms with Crippen molar-refractivity contribution in [1.29, 1.82) is 0 Å². The number of ether oxygens (including phenoxy) is 2. The Morgan fingerprint density at radius 1 is 1.09 bits per heavy atom. The number of fused-ring (bicyclic) bond motifs is 1. The van der Waals surface area contributed by atoms with Crippen LogP contribution in [0.3, 0.4) is 0 Å². The van der Waals surface area contributed by atoms with Crippen molar-refractivity contribution in [3.05, 3.63) is 54.6 Å². The SMILES string of the molecule is C=Cc1ccc(COCCCOc2ncnc3nc[nH]c23)cc1. The highest BCUT2D eigenvalue weighted by Gasteiger charge is 2.06. The molecule has 0 saturated heterocycles. The molecule has 0 bridgehead atoms. The quantitative estimate of drug-likeness (QED) is 0.648. The fourth-order valence-corrected chi connectivity index (χ4v) is 2.12. The van der Waals surface area contributed by atoms with Gasteiger partial charge in [0.05, 0.1) is 26.1 Å². The van der Waals surface area contributed by atoms with E-state index in [0.717, 1.165) is 23.1 Å². The van der Waals surface area contributed by atoms with Gasteiger partial charge in [0, 0.05) is 6.42 Å². The molecule has 23 heavy (non-hydrogen) atoms. The monoisotopic (exact) mass is 310 g/mol. The first-order valence-electron chi connectivity index (χ1n) is 7.43. The topological polar surface area (TPSA) is 72.9 Å². The van der Waals surface area contributed by atoms with E-state index in [2.05, 4.69) is 26.5 Å². The number of benzene rings is 1. The van der Waals surface area contributed by atoms with E-state index in [0.29, 0.717) is 31.3 Å². The molecule has 2 heterocycles. The average Bonchev–Trinajstić information content (AvgIpc) is 3.08. The van der Waals surface area contributed by atoms with E-state index >= 15 is 0 Å². The first-order chi connectivity index (χ1) is 11.4. The molecule has 3 aromatic rings. The van der Waals surface area contributed by atoms with Crippen molar-refractivity contribution >= 4 is 17.2 Å². The van der Waals surface area contributed by atoms with Crippen LogP contribution < -0.4 is 4.74 Å². The van der Waals surface area contributed by atoms with Gasteiger partial charge in [-0.05, 0) is 11.1 Å². The van der Waals surface area contributed by atoms with Crippen LogP contribution in [-0.4, -0.2) is 33.1 Å². The zero-order chi connectivity index (χ0) is 15.9. The highest BCUT2D eigenvalue weighted by atomic mass is 16.5. The van der Waals surface area contributed by atoms with Crippen LogP contribution in [0.5, 0.6) is 5.88 Å². The van der Waals surface area contributed by atoms with E-state index in [4.69, 9.17) is 9.47 Å². The van der Waals surface area contributed by atoms with E-state index in [1.165, 1.54) is 6.33 Å². The van der Waals surface area contributed by atoms with Crippen molar-refractivity contribution in [2.24, 2.45) is 0 Å². The summed E-state index contributed by atoms with van der Waals surface area (Å²) in [5.74, 6) is 0.521. The van der Waals surface area contributed by atoms with Crippen molar-refractivity contribution < 1.29 is 9.47 Å². The molecule has 0 amide bonds. The highest BCUT2D eigenvalue weighted by Crippen LogP contribution is 2.16. The summed E-state index contributed by atoms with van der Waals surface area (Å²) in [6.07, 6.45) is 5.63. The molecule has 118 valence electrons. The molecule has 0 fully saturated rings. The van der Waals surface area contributed by atoms with Gasteiger partial charge in [-0.15, -0.1) is 0 Å². The smallest absolute Gasteiger partial charge is 0.243 e. The molecular weight excluding hydrogens is 292 g/mol. The van der Waals surface area contributed by atoms with E-state index in [-0.39, 0.29) is 0 Å². The van der Waals surface area contributed by atoms with Gasteiger partial charge >= 0.3 is 0 Å². The minimum absolute atomic E-state index is 0.521. The van der Waals surface area contributed by atoms with Crippen molar-refractivity contribution in [1.82, 2.24) is 19.9 Å². The second kappa shape index (κ2) is 7.51. The lowest BCUT2D eigenvalue weighted by atomic mass is 10.1. The molecule has 0 aliphatic rings. The normalized spacial score (nSPS) is 10.8. The third-order valence-electron chi connectivity index (χ3n) is 3.34. The number of H-pyrrole nitrogens is 1. The molecule has 0 radical (unpaired) electrons. The summed E-state index contributed by atoms with van der Waals surface area (Å²) in [4.78, 5) is 15.2. The molecule has 0 unspecified atom stereocenters. The maximum atomic E-state index is 5.65. The fourth-order valence-electron chi connectivity index (χ4n) is 2.12. The van der Waals surface area contributed by atoms with E-state index in [9.17, 15) is 0 Å². The van der Waals surface area contributed by atoms with E-state index in [1.54, 1.807) is 6.33 Å². The summed E-state index contributed by atoms with van der Waals surface area (Å²) in [7, 11) is 0. The van der Waals surface area contributed by atoms with Gasteiger partial charge in [-0.2, -0.15) is 4.98 Å². The molecule has 1 N–H and O–H groups in total. The summed E-state index contributed by atoms with van der Waals surface area (Å²) in [5, 5.41) is 0. The van der Waals surface area contributed by atoms with Gasteiger partial charge in [0.15, 0.2) is 5.65 Å². The summed E-state index contributed by atoms with van der Waals surface area (Å²) < 4.78 is 11.3. The molecule has 6 heteroatoms. The van der Waals surface area contributed by atoms with Crippen LogP contribution in [0, 0.1) is 0 Å². The highest BCUT2D eigenvalue weighted by molar-refractivity contribution is 5.74. The predicted molar refractivity (Wildman–Crippen MR) is 88.0 cm³/mol. The van der Waals surface area contributed by atoms with Crippen LogP contribution in [0.2, 0.25) is 0 Å². The lowest BCUT2D eigenvalue weighted by Crippen LogP contribution is -2.04. The summed E-state index contributed by atoms with van der Waals surface area (Å²) in [6.45, 7) is 5.48. The number of nitrogens with one attached hydrogen (secondary N) is 1. The summed E-state index contributed by atoms with van der Waals surface area (Å²) in [5.41, 5.74) is 3.58. The van der Waals surface area contributed by atoms with Crippen LogP contribution >= 0.6 is 0 Å². The van der Waals surface area contributed by atoms with Gasteiger partial charge in [0.1, 0.15) is 11.8 Å². The van der Waals surface area contributed by atoms with Gasteiger partial charge in [0.25, 0.3) is 0 Å². The Kier molecular flexibility index (Phi) is 4.95. The first-order valence-corrected chi connectivity index (χ1v) is 7.43. The fraction of sp³-hybridized carbons (Fsp3) is 0.235. The van der Waals surface area contributed by atoms with Crippen molar-refractivity contribution in [3.63, 3.8) is 0 Å². The molecule has 0 saturated carbocycles. The third kappa shape index (κ3) is 3.92. The maximum Gasteiger partial charge on any atom is 0.243 e. The second-order valence-electron chi connectivity index (χ2n) is 4.98. The largest absolute Gasteiger partial charge is 0.476 e. The lowest BCUT2D eigenvalue weighted by Gasteiger charge is -2.07. The number of nitrogens with zero attached hydrogens (tertiary/aromatic N) is 3. The standard InChI is InChI=1S/C17H18N4O2/c1-2-13-4-6-14(7-5-13)10-22-8-3-9-23-17-15-16(19-11-18-15)20-12-21-17/h2,4-7,11-12H,1,3,8-10H2,(H,18,19,20,21). The van der Waals surface area contributed by atoms with Gasteiger partial charge in [-0.3, -0.25) is 0 Å². The molecular formula is C17H18N4O2. The molecule has 2 aromatic heterocycles. The van der Waals surface area contributed by atoms with Crippen LogP contribution in [0.1, 0.15) is 17.5 Å². The van der Waals surface area contributed by atoms with Crippen molar-refractivity contribution in [3.8, 4) is 5.88 Å². The number of aromatic amines is 1. The average molecular weight is 310 g/mol. The molecule has 1 aromatic carbocycles. The number of hydrogen-bond donors (Lipinski definition) is 1. The van der Waals surface area contributed by atoms with Crippen molar-refractivity contribution in [2.75, 3.05) is 13.2 Å². The van der Waals surface area contributed by atoms with Gasteiger partial charge in [0.2, 0.25) is 5.88 Å². The van der Waals surface area contributed by atoms with Crippen LogP contribution in [-0.2, 0) is 11.3 Å². The molecule has 0 aliphatic carbocycles. The van der Waals surface area contributed by atoms with E-state index < -0.39 is 0 Å². The Hall–Kier alpha value is -2.73. The summed E-state index contributed by atoms with van der Waals surface area (Å²) in [6, 6.07) is 8.14. The first kappa shape index (κ1) is 15.2. The summed E-state index contributed by atoms with van der Waals surface area (Å²) >= 11 is 0. The minimum Gasteiger partial charge on any atom is -0.476 e. The Morgan fingerprint density at radius 3 is 2.78 bits per heavy atom. The molecule has 6 nitrogen and oxygen atoms in total. The molecule has 0 spiro atoms. The van der Waals surface area contributed by atoms with Crippen LogP contribution in [0.4, 0.5) is 0 Å². The van der Waals surface area contributed by atoms with Crippen molar-refractivity contribution in [2.45, 2.75) is 13.0 Å². The Morgan fingerprint density at radius 2 is 1.96 bits per heavy atom. The number of imidazole rings is 1. The molecule has 3 rings (SSSR count). The number of aromatic nitrogens is 4. The minimum atomic E-state index is 0.521. The molecule has 0 aliphatic heterocycles. The third-order valence-corrected chi connectivity index (χ3v) is 3.34. The van der Waals surface area contributed by atoms with Crippen LogP contribution in [0.15, 0.2) is 43.5 Å². The van der Waals surface area contributed by atoms with Gasteiger partial charge < -0.3 is 14.5 Å². The zero-order valence-electron chi connectivity index (χ0n) is 12.7. The van der Waals surface area contributed by atoms with E-state index in [1.807, 2.05) is 30.3 Å². The second-order valence-corrected chi connectivity index (χ2v) is 4.98. The van der Waals surface area contributed by atoms with Gasteiger partial charge in [-0.1, -0.05) is 36.9 Å². The number of rotatable bonds is 8. The Labute approximate surface area is 134 Å². The Bertz CT molecular complexity index is 768. The van der Waals surface area contributed by atoms with Gasteiger partial charge in [-0.25, -0.2) is 9.97 Å². The predicted octanol–water partition coefficient (Wildman–Crippen LogP) is 2.98. The maximum absolute atomic E-state index is 5.65. The zero-order valence-corrected chi connectivity index (χ0v) is 12.7.